The second-order valence-electron chi connectivity index (χ2n) is 5.90. The van der Waals surface area contributed by atoms with Gasteiger partial charge in [0.15, 0.2) is 0 Å². The van der Waals surface area contributed by atoms with Crippen molar-refractivity contribution in [3.8, 4) is 0 Å². The third kappa shape index (κ3) is 1.99. The lowest BCUT2D eigenvalue weighted by atomic mass is 9.57. The summed E-state index contributed by atoms with van der Waals surface area (Å²) in [5, 5.41) is 10.1. The number of allylic oxidation sites excluding steroid dienone is 1. The Bertz CT molecular complexity index is 369. The van der Waals surface area contributed by atoms with E-state index in [2.05, 4.69) is 20.4 Å². The summed E-state index contributed by atoms with van der Waals surface area (Å²) in [5.74, 6) is 0.527. The van der Waals surface area contributed by atoms with Crippen LogP contribution in [0.1, 0.15) is 39.5 Å². The number of carbonyl (C=O) groups excluding carboxylic acids is 1. The van der Waals surface area contributed by atoms with E-state index >= 15 is 0 Å². The minimum Gasteiger partial charge on any atom is -0.388 e. The first-order valence-corrected chi connectivity index (χ1v) is 6.52. The first-order chi connectivity index (χ1) is 7.99. The summed E-state index contributed by atoms with van der Waals surface area (Å²) >= 11 is 0. The van der Waals surface area contributed by atoms with Gasteiger partial charge in [0.05, 0.1) is 6.10 Å². The van der Waals surface area contributed by atoms with Crippen molar-refractivity contribution in [2.24, 2.45) is 17.3 Å². The van der Waals surface area contributed by atoms with E-state index in [1.165, 1.54) is 18.4 Å². The topological polar surface area (TPSA) is 37.3 Å². The number of carbonyl (C=O) groups is 1. The van der Waals surface area contributed by atoms with Gasteiger partial charge in [0, 0.05) is 5.92 Å². The predicted molar refractivity (Wildman–Crippen MR) is 68.5 cm³/mol. The molecule has 0 radical (unpaired) electrons. The molecule has 0 aromatic carbocycles. The van der Waals surface area contributed by atoms with E-state index in [9.17, 15) is 9.90 Å². The Balaban J connectivity index is 2.33. The van der Waals surface area contributed by atoms with Gasteiger partial charge in [-0.25, -0.2) is 0 Å². The van der Waals surface area contributed by atoms with Crippen LogP contribution in [0.4, 0.5) is 0 Å². The average molecular weight is 234 g/mol. The van der Waals surface area contributed by atoms with Crippen LogP contribution in [0.5, 0.6) is 0 Å². The van der Waals surface area contributed by atoms with Crippen molar-refractivity contribution in [3.05, 3.63) is 23.8 Å². The molecule has 0 aromatic rings. The van der Waals surface area contributed by atoms with Gasteiger partial charge in [-0.15, -0.1) is 0 Å². The predicted octanol–water partition coefficient (Wildman–Crippen LogP) is 2.88. The second-order valence-corrected chi connectivity index (χ2v) is 5.90. The number of hydrogen-bond donors (Lipinski definition) is 1. The molecule has 94 valence electrons. The lowest BCUT2D eigenvalue weighted by molar-refractivity contribution is -0.105. The first-order valence-electron chi connectivity index (χ1n) is 6.52. The smallest absolute Gasteiger partial charge is 0.145 e. The minimum atomic E-state index is -0.527. The highest BCUT2D eigenvalue weighted by atomic mass is 16.3. The number of aliphatic hydroxyl groups excluding tert-OH is 1. The van der Waals surface area contributed by atoms with Crippen molar-refractivity contribution in [3.63, 3.8) is 0 Å². The molecular formula is C15H22O2. The maximum Gasteiger partial charge on any atom is 0.145 e. The number of aldehydes is 1. The fourth-order valence-corrected chi connectivity index (χ4v) is 3.46. The summed E-state index contributed by atoms with van der Waals surface area (Å²) < 4.78 is 0. The van der Waals surface area contributed by atoms with Crippen molar-refractivity contribution < 1.29 is 9.90 Å². The van der Waals surface area contributed by atoms with Gasteiger partial charge in [-0.05, 0) is 42.6 Å². The van der Waals surface area contributed by atoms with Crippen molar-refractivity contribution in [2.75, 3.05) is 0 Å². The fraction of sp³-hybridized carbons (Fsp3) is 0.667. The van der Waals surface area contributed by atoms with E-state index in [4.69, 9.17) is 0 Å². The van der Waals surface area contributed by atoms with Crippen molar-refractivity contribution in [1.29, 1.82) is 0 Å². The van der Waals surface area contributed by atoms with Crippen LogP contribution in [0.15, 0.2) is 23.8 Å². The second kappa shape index (κ2) is 4.41. The molecule has 2 heteroatoms. The van der Waals surface area contributed by atoms with E-state index in [1.54, 1.807) is 0 Å². The quantitative estimate of drug-likeness (QED) is 0.453. The van der Waals surface area contributed by atoms with Crippen LogP contribution in [0.2, 0.25) is 0 Å². The molecular weight excluding hydrogens is 212 g/mol. The molecule has 4 atom stereocenters. The lowest BCUT2D eigenvalue weighted by Crippen LogP contribution is -2.41. The molecule has 1 saturated carbocycles. The SMILES string of the molecule is C=C(C=O)C1C[C@@]2(C)C(=CC1O)CCC[C@@H]2C. The molecule has 2 nitrogen and oxygen atoms in total. The van der Waals surface area contributed by atoms with E-state index < -0.39 is 6.10 Å². The van der Waals surface area contributed by atoms with Gasteiger partial charge in [-0.1, -0.05) is 32.1 Å². The fourth-order valence-electron chi connectivity index (χ4n) is 3.46. The number of rotatable bonds is 2. The van der Waals surface area contributed by atoms with Gasteiger partial charge >= 0.3 is 0 Å². The molecule has 0 saturated heterocycles. The summed E-state index contributed by atoms with van der Waals surface area (Å²) in [6.07, 6.45) is 6.67. The molecule has 0 spiro atoms. The van der Waals surface area contributed by atoms with Gasteiger partial charge in [-0.3, -0.25) is 4.79 Å². The molecule has 2 aliphatic carbocycles. The van der Waals surface area contributed by atoms with Crippen molar-refractivity contribution in [2.45, 2.75) is 45.6 Å². The Morgan fingerprint density at radius 3 is 3.00 bits per heavy atom. The van der Waals surface area contributed by atoms with E-state index in [0.717, 1.165) is 19.1 Å². The molecule has 1 N–H and O–H groups in total. The molecule has 0 heterocycles. The summed E-state index contributed by atoms with van der Waals surface area (Å²) in [4.78, 5) is 10.9. The van der Waals surface area contributed by atoms with Gasteiger partial charge in [0.1, 0.15) is 6.29 Å². The highest BCUT2D eigenvalue weighted by Crippen LogP contribution is 2.52. The van der Waals surface area contributed by atoms with Gasteiger partial charge in [0.2, 0.25) is 0 Å². The van der Waals surface area contributed by atoms with Gasteiger partial charge in [0.25, 0.3) is 0 Å². The van der Waals surface area contributed by atoms with E-state index in [-0.39, 0.29) is 11.3 Å². The minimum absolute atomic E-state index is 0.0956. The van der Waals surface area contributed by atoms with Crippen LogP contribution >= 0.6 is 0 Å². The first kappa shape index (κ1) is 12.6. The molecule has 1 fully saturated rings. The molecule has 2 unspecified atom stereocenters. The summed E-state index contributed by atoms with van der Waals surface area (Å²) in [7, 11) is 0. The summed E-state index contributed by atoms with van der Waals surface area (Å²) in [6.45, 7) is 8.34. The Hall–Kier alpha value is -0.890. The van der Waals surface area contributed by atoms with Crippen molar-refractivity contribution >= 4 is 6.29 Å². The zero-order valence-corrected chi connectivity index (χ0v) is 10.8. The maximum absolute atomic E-state index is 10.9. The number of aliphatic hydroxyl groups is 1. The molecule has 0 amide bonds. The Morgan fingerprint density at radius 2 is 2.35 bits per heavy atom. The highest BCUT2D eigenvalue weighted by molar-refractivity contribution is 5.73. The average Bonchev–Trinajstić information content (AvgIpc) is 2.31. The zero-order chi connectivity index (χ0) is 12.6. The summed E-state index contributed by atoms with van der Waals surface area (Å²) in [6, 6.07) is 0. The molecule has 0 bridgehead atoms. The van der Waals surface area contributed by atoms with E-state index in [1.807, 2.05) is 6.08 Å². The molecule has 0 aromatic heterocycles. The van der Waals surface area contributed by atoms with Crippen molar-refractivity contribution in [1.82, 2.24) is 0 Å². The molecule has 0 aliphatic heterocycles. The zero-order valence-electron chi connectivity index (χ0n) is 10.8. The Morgan fingerprint density at radius 1 is 1.65 bits per heavy atom. The molecule has 2 rings (SSSR count). The third-order valence-electron chi connectivity index (χ3n) is 4.96. The van der Waals surface area contributed by atoms with E-state index in [0.29, 0.717) is 11.5 Å². The largest absolute Gasteiger partial charge is 0.388 e. The lowest BCUT2D eigenvalue weighted by Gasteiger charge is -2.48. The van der Waals surface area contributed by atoms with Gasteiger partial charge in [-0.2, -0.15) is 0 Å². The Kier molecular flexibility index (Phi) is 3.26. The van der Waals surface area contributed by atoms with Crippen LogP contribution < -0.4 is 0 Å². The number of fused-ring (bicyclic) bond motifs is 1. The standard InChI is InChI=1S/C15H22O2/c1-10(9-16)13-8-15(3)11(2)5-4-6-12(15)7-14(13)17/h7,9,11,13-14,17H,1,4-6,8H2,2-3H3/t11-,13?,14?,15+/m0/s1. The highest BCUT2D eigenvalue weighted by Gasteiger charge is 2.44. The molecule has 17 heavy (non-hydrogen) atoms. The number of hydrogen-bond acceptors (Lipinski definition) is 2. The summed E-state index contributed by atoms with van der Waals surface area (Å²) in [5.41, 5.74) is 2.07. The monoisotopic (exact) mass is 234 g/mol. The Labute approximate surface area is 103 Å². The van der Waals surface area contributed by atoms with Crippen LogP contribution in [0, 0.1) is 17.3 Å². The van der Waals surface area contributed by atoms with Crippen LogP contribution in [-0.4, -0.2) is 17.5 Å². The van der Waals surface area contributed by atoms with Crippen LogP contribution in [0.25, 0.3) is 0 Å². The normalized spacial score (nSPS) is 41.4. The third-order valence-corrected chi connectivity index (χ3v) is 4.96. The van der Waals surface area contributed by atoms with Crippen LogP contribution in [-0.2, 0) is 4.79 Å². The van der Waals surface area contributed by atoms with Gasteiger partial charge < -0.3 is 5.11 Å². The molecule has 2 aliphatic rings. The van der Waals surface area contributed by atoms with Crippen LogP contribution in [0.3, 0.4) is 0 Å². The maximum atomic E-state index is 10.9.